The lowest BCUT2D eigenvalue weighted by Crippen LogP contribution is -2.72. The SMILES string of the molecule is Cn1cc(N2CCC(NC(=O)NC3C4CCOC4C34CCC4)C2=O)cn1. The Morgan fingerprint density at radius 1 is 1.35 bits per heavy atom. The minimum absolute atomic E-state index is 0.0674. The standard InChI is InChI=1S/C18H25N5O3/c1-22-10-11(9-19-22)23-7-3-13(16(23)24)20-17(25)21-14-12-4-8-26-15(12)18(14)5-2-6-18/h9-10,12-15H,2-8H2,1H3,(H2,20,21,25). The highest BCUT2D eigenvalue weighted by molar-refractivity contribution is 6.01. The van der Waals surface area contributed by atoms with Crippen LogP contribution in [0.25, 0.3) is 0 Å². The second-order valence-corrected chi connectivity index (χ2v) is 8.13. The number of rotatable bonds is 3. The molecular weight excluding hydrogens is 334 g/mol. The summed E-state index contributed by atoms with van der Waals surface area (Å²) in [6, 6.07) is -0.504. The third kappa shape index (κ3) is 2.21. The van der Waals surface area contributed by atoms with Crippen molar-refractivity contribution < 1.29 is 14.3 Å². The van der Waals surface area contributed by atoms with E-state index in [4.69, 9.17) is 4.74 Å². The summed E-state index contributed by atoms with van der Waals surface area (Å²) in [7, 11) is 1.82. The van der Waals surface area contributed by atoms with Crippen LogP contribution in [-0.2, 0) is 16.6 Å². The number of urea groups is 1. The van der Waals surface area contributed by atoms with E-state index in [2.05, 4.69) is 15.7 Å². The Hall–Kier alpha value is -2.09. The van der Waals surface area contributed by atoms with Crippen LogP contribution in [0, 0.1) is 11.3 Å². The number of anilines is 1. The van der Waals surface area contributed by atoms with Gasteiger partial charge in [-0.1, -0.05) is 6.42 Å². The summed E-state index contributed by atoms with van der Waals surface area (Å²) < 4.78 is 7.57. The van der Waals surface area contributed by atoms with E-state index in [1.165, 1.54) is 6.42 Å². The summed E-state index contributed by atoms with van der Waals surface area (Å²) in [6.07, 6.45) is 8.95. The van der Waals surface area contributed by atoms with Crippen LogP contribution in [0.2, 0.25) is 0 Å². The van der Waals surface area contributed by atoms with Crippen LogP contribution in [-0.4, -0.2) is 53.1 Å². The van der Waals surface area contributed by atoms with Crippen molar-refractivity contribution in [2.24, 2.45) is 18.4 Å². The summed E-state index contributed by atoms with van der Waals surface area (Å²) in [6.45, 7) is 1.40. The second-order valence-electron chi connectivity index (χ2n) is 8.13. The molecule has 3 amide bonds. The molecule has 140 valence electrons. The van der Waals surface area contributed by atoms with Crippen molar-refractivity contribution in [3.8, 4) is 0 Å². The van der Waals surface area contributed by atoms with Gasteiger partial charge in [0.1, 0.15) is 6.04 Å². The van der Waals surface area contributed by atoms with E-state index in [-0.39, 0.29) is 23.4 Å². The first-order valence-electron chi connectivity index (χ1n) is 9.57. The molecule has 8 nitrogen and oxygen atoms in total. The quantitative estimate of drug-likeness (QED) is 0.835. The molecule has 3 heterocycles. The Morgan fingerprint density at radius 3 is 2.88 bits per heavy atom. The van der Waals surface area contributed by atoms with Gasteiger partial charge in [0.2, 0.25) is 5.91 Å². The van der Waals surface area contributed by atoms with Crippen molar-refractivity contribution in [1.29, 1.82) is 0 Å². The van der Waals surface area contributed by atoms with Crippen molar-refractivity contribution in [2.45, 2.75) is 50.3 Å². The van der Waals surface area contributed by atoms with Crippen LogP contribution in [0.1, 0.15) is 32.1 Å². The minimum Gasteiger partial charge on any atom is -0.377 e. The third-order valence-corrected chi connectivity index (χ3v) is 6.84. The van der Waals surface area contributed by atoms with Crippen LogP contribution >= 0.6 is 0 Å². The van der Waals surface area contributed by atoms with Crippen LogP contribution < -0.4 is 15.5 Å². The first-order chi connectivity index (χ1) is 12.6. The Balaban J connectivity index is 1.21. The van der Waals surface area contributed by atoms with Crippen molar-refractivity contribution in [2.75, 3.05) is 18.1 Å². The molecule has 2 N–H and O–H groups in total. The number of nitrogens with one attached hydrogen (secondary N) is 2. The molecule has 4 atom stereocenters. The molecule has 2 aliphatic carbocycles. The van der Waals surface area contributed by atoms with E-state index in [1.54, 1.807) is 15.8 Å². The van der Waals surface area contributed by atoms with Crippen LogP contribution in [0.15, 0.2) is 12.4 Å². The summed E-state index contributed by atoms with van der Waals surface area (Å²) >= 11 is 0. The van der Waals surface area contributed by atoms with Gasteiger partial charge in [-0.25, -0.2) is 4.79 Å². The van der Waals surface area contributed by atoms with Gasteiger partial charge in [-0.3, -0.25) is 9.48 Å². The molecule has 2 saturated heterocycles. The molecule has 4 unspecified atom stereocenters. The zero-order valence-corrected chi connectivity index (χ0v) is 15.0. The number of aryl methyl sites for hydroxylation is 1. The van der Waals surface area contributed by atoms with E-state index >= 15 is 0 Å². The Morgan fingerprint density at radius 2 is 2.19 bits per heavy atom. The number of carbonyl (C=O) groups excluding carboxylic acids is 2. The number of nitrogens with zero attached hydrogens (tertiary/aromatic N) is 3. The van der Waals surface area contributed by atoms with Crippen molar-refractivity contribution in [3.05, 3.63) is 12.4 Å². The summed E-state index contributed by atoms with van der Waals surface area (Å²) in [5.41, 5.74) is 0.931. The van der Waals surface area contributed by atoms with Gasteiger partial charge in [0.25, 0.3) is 0 Å². The van der Waals surface area contributed by atoms with E-state index in [0.717, 1.165) is 31.6 Å². The summed E-state index contributed by atoms with van der Waals surface area (Å²) in [5.74, 6) is 0.370. The van der Waals surface area contributed by atoms with Crippen molar-refractivity contribution >= 4 is 17.6 Å². The molecule has 2 saturated carbocycles. The number of fused-ring (bicyclic) bond motifs is 2. The number of amides is 3. The molecule has 0 radical (unpaired) electrons. The topological polar surface area (TPSA) is 88.5 Å². The second kappa shape index (κ2) is 5.70. The predicted octanol–water partition coefficient (Wildman–Crippen LogP) is 0.782. The third-order valence-electron chi connectivity index (χ3n) is 6.84. The summed E-state index contributed by atoms with van der Waals surface area (Å²) in [4.78, 5) is 26.9. The molecule has 5 rings (SSSR count). The van der Waals surface area contributed by atoms with Gasteiger partial charge in [-0.05, 0) is 25.7 Å². The van der Waals surface area contributed by atoms with E-state index in [0.29, 0.717) is 25.0 Å². The lowest BCUT2D eigenvalue weighted by atomic mass is 9.46. The number of ether oxygens (including phenoxy) is 1. The highest BCUT2D eigenvalue weighted by Crippen LogP contribution is 2.62. The molecule has 1 spiro atoms. The first kappa shape index (κ1) is 16.1. The Bertz CT molecular complexity index is 743. The Kier molecular flexibility index (Phi) is 3.53. The number of carbonyl (C=O) groups is 2. The van der Waals surface area contributed by atoms with Gasteiger partial charge in [-0.2, -0.15) is 5.10 Å². The predicted molar refractivity (Wildman–Crippen MR) is 93.6 cm³/mol. The fourth-order valence-electron chi connectivity index (χ4n) is 5.41. The zero-order valence-electron chi connectivity index (χ0n) is 15.0. The number of hydrogen-bond donors (Lipinski definition) is 2. The maximum absolute atomic E-state index is 12.6. The smallest absolute Gasteiger partial charge is 0.315 e. The van der Waals surface area contributed by atoms with Crippen LogP contribution in [0.5, 0.6) is 0 Å². The normalized spacial score (nSPS) is 34.3. The van der Waals surface area contributed by atoms with Crippen LogP contribution in [0.4, 0.5) is 10.5 Å². The lowest BCUT2D eigenvalue weighted by Gasteiger charge is -2.63. The van der Waals surface area contributed by atoms with Gasteiger partial charge in [0.15, 0.2) is 0 Å². The molecular formula is C18H25N5O3. The van der Waals surface area contributed by atoms with Gasteiger partial charge in [0.05, 0.1) is 18.0 Å². The average molecular weight is 359 g/mol. The molecule has 26 heavy (non-hydrogen) atoms. The molecule has 0 aromatic carbocycles. The van der Waals surface area contributed by atoms with Gasteiger partial charge in [-0.15, -0.1) is 0 Å². The maximum Gasteiger partial charge on any atom is 0.315 e. The average Bonchev–Trinajstić information content (AvgIpc) is 3.25. The molecule has 2 aliphatic heterocycles. The first-order valence-corrected chi connectivity index (χ1v) is 9.57. The van der Waals surface area contributed by atoms with Crippen molar-refractivity contribution in [1.82, 2.24) is 20.4 Å². The van der Waals surface area contributed by atoms with Gasteiger partial charge >= 0.3 is 6.03 Å². The molecule has 1 aromatic rings. The number of aromatic nitrogens is 2. The zero-order chi connectivity index (χ0) is 17.9. The minimum atomic E-state index is -0.469. The van der Waals surface area contributed by atoms with E-state index in [9.17, 15) is 9.59 Å². The molecule has 8 heteroatoms. The maximum atomic E-state index is 12.6. The molecule has 4 aliphatic rings. The molecule has 0 bridgehead atoms. The largest absolute Gasteiger partial charge is 0.377 e. The molecule has 1 aromatic heterocycles. The highest BCUT2D eigenvalue weighted by Gasteiger charge is 2.67. The van der Waals surface area contributed by atoms with Crippen molar-refractivity contribution in [3.63, 3.8) is 0 Å². The van der Waals surface area contributed by atoms with Crippen LogP contribution in [0.3, 0.4) is 0 Å². The van der Waals surface area contributed by atoms with Gasteiger partial charge in [0, 0.05) is 43.8 Å². The molecule has 4 fully saturated rings. The number of hydrogen-bond acceptors (Lipinski definition) is 4. The van der Waals surface area contributed by atoms with Gasteiger partial charge < -0.3 is 20.3 Å². The van der Waals surface area contributed by atoms with E-state index < -0.39 is 6.04 Å². The summed E-state index contributed by atoms with van der Waals surface area (Å²) in [5, 5.41) is 10.2. The lowest BCUT2D eigenvalue weighted by molar-refractivity contribution is -0.172. The monoisotopic (exact) mass is 359 g/mol. The fourth-order valence-corrected chi connectivity index (χ4v) is 5.41. The Labute approximate surface area is 152 Å². The highest BCUT2D eigenvalue weighted by atomic mass is 16.5. The fraction of sp³-hybridized carbons (Fsp3) is 0.722. The van der Waals surface area contributed by atoms with E-state index in [1.807, 2.05) is 13.2 Å².